The molecule has 0 saturated carbocycles. The molecule has 0 amide bonds. The van der Waals surface area contributed by atoms with E-state index in [0.717, 1.165) is 23.6 Å². The first-order valence-corrected chi connectivity index (χ1v) is 5.03. The molecular weight excluding hydrogens is 202 g/mol. The molecule has 2 aromatic heterocycles. The Bertz CT molecular complexity index is 500. The van der Waals surface area contributed by atoms with Crippen LogP contribution in [0.5, 0.6) is 0 Å². The number of thiazole rings is 1. The molecule has 2 rings (SSSR count). The van der Waals surface area contributed by atoms with Crippen LogP contribution in [-0.2, 0) is 6.42 Å². The van der Waals surface area contributed by atoms with Gasteiger partial charge in [-0.3, -0.25) is 0 Å². The molecule has 1 N–H and O–H groups in total. The number of hydrogen-bond donors (Lipinski definition) is 1. The lowest BCUT2D eigenvalue weighted by Crippen LogP contribution is -1.98. The van der Waals surface area contributed by atoms with E-state index in [2.05, 4.69) is 10.1 Å². The van der Waals surface area contributed by atoms with E-state index < -0.39 is 5.97 Å². The standard InChI is InChI=1S/C8H9N3O2S/c1-3-5-9-8-11(10-5)4(2)6(14-8)7(12)13/h3H2,1-2H3,(H,12,13). The maximum atomic E-state index is 10.8. The normalized spacial score (nSPS) is 11.0. The van der Waals surface area contributed by atoms with Crippen LogP contribution in [0.1, 0.15) is 28.1 Å². The Labute approximate surface area is 84.0 Å². The van der Waals surface area contributed by atoms with Gasteiger partial charge in [-0.2, -0.15) is 5.10 Å². The summed E-state index contributed by atoms with van der Waals surface area (Å²) in [5.41, 5.74) is 0.643. The smallest absolute Gasteiger partial charge is 0.347 e. The topological polar surface area (TPSA) is 67.5 Å². The van der Waals surface area contributed by atoms with Gasteiger partial charge in [0.05, 0.1) is 5.69 Å². The zero-order valence-corrected chi connectivity index (χ0v) is 8.63. The molecule has 14 heavy (non-hydrogen) atoms. The van der Waals surface area contributed by atoms with Gasteiger partial charge in [-0.25, -0.2) is 14.3 Å². The lowest BCUT2D eigenvalue weighted by Gasteiger charge is -1.90. The molecular formula is C8H9N3O2S. The van der Waals surface area contributed by atoms with Crippen molar-refractivity contribution in [1.29, 1.82) is 0 Å². The van der Waals surface area contributed by atoms with E-state index in [9.17, 15) is 4.79 Å². The summed E-state index contributed by atoms with van der Waals surface area (Å²) in [4.78, 5) is 15.9. The van der Waals surface area contributed by atoms with E-state index in [-0.39, 0.29) is 0 Å². The second kappa shape index (κ2) is 3.06. The average molecular weight is 211 g/mol. The molecule has 0 aliphatic rings. The quantitative estimate of drug-likeness (QED) is 0.814. The van der Waals surface area contributed by atoms with Crippen LogP contribution < -0.4 is 0 Å². The minimum absolute atomic E-state index is 0.308. The van der Waals surface area contributed by atoms with Crippen LogP contribution in [0.25, 0.3) is 4.96 Å². The second-order valence-corrected chi connectivity index (χ2v) is 3.88. The number of carboxylic acids is 1. The van der Waals surface area contributed by atoms with Crippen molar-refractivity contribution in [3.63, 3.8) is 0 Å². The second-order valence-electron chi connectivity index (χ2n) is 2.90. The molecule has 74 valence electrons. The van der Waals surface area contributed by atoms with Gasteiger partial charge in [-0.1, -0.05) is 18.3 Å². The molecule has 5 nitrogen and oxygen atoms in total. The van der Waals surface area contributed by atoms with Gasteiger partial charge in [0.2, 0.25) is 4.96 Å². The summed E-state index contributed by atoms with van der Waals surface area (Å²) in [6.07, 6.45) is 0.760. The molecule has 0 fully saturated rings. The number of aromatic nitrogens is 3. The molecule has 0 bridgehead atoms. The van der Waals surface area contributed by atoms with Gasteiger partial charge in [0, 0.05) is 6.42 Å². The Balaban J connectivity index is 2.66. The fraction of sp³-hybridized carbons (Fsp3) is 0.375. The molecule has 0 aromatic carbocycles. The van der Waals surface area contributed by atoms with Crippen molar-refractivity contribution in [1.82, 2.24) is 14.6 Å². The monoisotopic (exact) mass is 211 g/mol. The predicted octanol–water partition coefficient (Wildman–Crippen LogP) is 1.36. The lowest BCUT2D eigenvalue weighted by molar-refractivity contribution is 0.0701. The fourth-order valence-corrected chi connectivity index (χ4v) is 2.15. The van der Waals surface area contributed by atoms with Gasteiger partial charge in [-0.05, 0) is 6.92 Å². The Hall–Kier alpha value is -1.43. The van der Waals surface area contributed by atoms with Crippen molar-refractivity contribution < 1.29 is 9.90 Å². The maximum Gasteiger partial charge on any atom is 0.347 e. The molecule has 0 saturated heterocycles. The summed E-state index contributed by atoms with van der Waals surface area (Å²) in [7, 11) is 0. The Morgan fingerprint density at radius 3 is 2.86 bits per heavy atom. The number of aryl methyl sites for hydroxylation is 2. The zero-order chi connectivity index (χ0) is 10.3. The molecule has 6 heteroatoms. The predicted molar refractivity (Wildman–Crippen MR) is 51.9 cm³/mol. The van der Waals surface area contributed by atoms with Gasteiger partial charge in [0.15, 0.2) is 5.82 Å². The first kappa shape index (κ1) is 9.14. The summed E-state index contributed by atoms with van der Waals surface area (Å²) in [6, 6.07) is 0. The van der Waals surface area contributed by atoms with E-state index >= 15 is 0 Å². The van der Waals surface area contributed by atoms with E-state index in [1.807, 2.05) is 6.92 Å². The minimum atomic E-state index is -0.919. The summed E-state index contributed by atoms with van der Waals surface area (Å²) >= 11 is 1.16. The lowest BCUT2D eigenvalue weighted by atomic mass is 10.4. The number of carboxylic acid groups (broad SMARTS) is 1. The molecule has 0 aliphatic heterocycles. The zero-order valence-electron chi connectivity index (χ0n) is 7.81. The van der Waals surface area contributed by atoms with Crippen LogP contribution in [0.2, 0.25) is 0 Å². The maximum absolute atomic E-state index is 10.8. The number of rotatable bonds is 2. The van der Waals surface area contributed by atoms with Gasteiger partial charge >= 0.3 is 5.97 Å². The molecule has 0 aliphatic carbocycles. The Morgan fingerprint density at radius 2 is 2.36 bits per heavy atom. The molecule has 0 atom stereocenters. The molecule has 0 radical (unpaired) electrons. The first-order chi connectivity index (χ1) is 6.63. The van der Waals surface area contributed by atoms with Crippen LogP contribution >= 0.6 is 11.3 Å². The van der Waals surface area contributed by atoms with Crippen molar-refractivity contribution in [2.24, 2.45) is 0 Å². The number of fused-ring (bicyclic) bond motifs is 1. The first-order valence-electron chi connectivity index (χ1n) is 4.21. The van der Waals surface area contributed by atoms with Crippen LogP contribution in [0.4, 0.5) is 0 Å². The number of carbonyl (C=O) groups is 1. The van der Waals surface area contributed by atoms with E-state index in [1.54, 1.807) is 11.4 Å². The SMILES string of the molecule is CCc1nc2sc(C(=O)O)c(C)n2n1. The highest BCUT2D eigenvalue weighted by atomic mass is 32.1. The molecule has 2 heterocycles. The summed E-state index contributed by atoms with van der Waals surface area (Å²) in [6.45, 7) is 3.70. The van der Waals surface area contributed by atoms with Crippen LogP contribution in [0.15, 0.2) is 0 Å². The molecule has 2 aromatic rings. The van der Waals surface area contributed by atoms with Crippen molar-refractivity contribution in [2.75, 3.05) is 0 Å². The van der Waals surface area contributed by atoms with Crippen molar-refractivity contribution in [2.45, 2.75) is 20.3 Å². The van der Waals surface area contributed by atoms with Crippen molar-refractivity contribution >= 4 is 22.3 Å². The largest absolute Gasteiger partial charge is 0.477 e. The third kappa shape index (κ3) is 1.19. The fourth-order valence-electron chi connectivity index (χ4n) is 1.23. The summed E-state index contributed by atoms with van der Waals surface area (Å²) in [5.74, 6) is -0.172. The van der Waals surface area contributed by atoms with Gasteiger partial charge < -0.3 is 5.11 Å². The van der Waals surface area contributed by atoms with E-state index in [0.29, 0.717) is 15.5 Å². The van der Waals surface area contributed by atoms with Gasteiger partial charge in [0.25, 0.3) is 0 Å². The summed E-state index contributed by atoms with van der Waals surface area (Å²) in [5, 5.41) is 13.0. The van der Waals surface area contributed by atoms with Crippen LogP contribution in [-0.4, -0.2) is 25.7 Å². The number of nitrogens with zero attached hydrogens (tertiary/aromatic N) is 3. The highest BCUT2D eigenvalue weighted by Crippen LogP contribution is 2.21. The number of hydrogen-bond acceptors (Lipinski definition) is 4. The Morgan fingerprint density at radius 1 is 1.64 bits per heavy atom. The molecule has 0 unspecified atom stereocenters. The summed E-state index contributed by atoms with van der Waals surface area (Å²) < 4.78 is 1.59. The molecule has 0 spiro atoms. The van der Waals surface area contributed by atoms with Gasteiger partial charge in [-0.15, -0.1) is 0 Å². The Kier molecular flexibility index (Phi) is 1.99. The third-order valence-corrected chi connectivity index (χ3v) is 3.09. The van der Waals surface area contributed by atoms with E-state index in [4.69, 9.17) is 5.11 Å². The van der Waals surface area contributed by atoms with Crippen LogP contribution in [0, 0.1) is 6.92 Å². The third-order valence-electron chi connectivity index (χ3n) is 1.97. The average Bonchev–Trinajstić information content (AvgIpc) is 2.65. The van der Waals surface area contributed by atoms with Gasteiger partial charge in [0.1, 0.15) is 4.88 Å². The van der Waals surface area contributed by atoms with Crippen molar-refractivity contribution in [3.05, 3.63) is 16.4 Å². The van der Waals surface area contributed by atoms with Crippen molar-refractivity contribution in [3.8, 4) is 0 Å². The number of aromatic carboxylic acids is 1. The highest BCUT2D eigenvalue weighted by molar-refractivity contribution is 7.18. The van der Waals surface area contributed by atoms with E-state index in [1.165, 1.54) is 0 Å². The van der Waals surface area contributed by atoms with Crippen LogP contribution in [0.3, 0.4) is 0 Å². The highest BCUT2D eigenvalue weighted by Gasteiger charge is 2.16. The minimum Gasteiger partial charge on any atom is -0.477 e.